The Kier molecular flexibility index (Phi) is 7.71. The molecule has 1 aromatic rings. The molecule has 5 nitrogen and oxygen atoms in total. The van der Waals surface area contributed by atoms with Crippen molar-refractivity contribution in [2.24, 2.45) is 0 Å². The van der Waals surface area contributed by atoms with E-state index in [4.69, 9.17) is 10.8 Å². The zero-order valence-corrected chi connectivity index (χ0v) is 12.4. The second-order valence-electron chi connectivity index (χ2n) is 4.95. The Labute approximate surface area is 124 Å². The van der Waals surface area contributed by atoms with Crippen molar-refractivity contribution in [2.75, 3.05) is 37.3 Å². The standard InChI is InChI=1S/C15H24FN3O2/c1-2-7-19(9-10-20)8-3-4-15(21)18-14-6-5-12(16)11-13(14)17/h5-6,11,20H,2-4,7-10,17H2,1H3,(H,18,21). The van der Waals surface area contributed by atoms with Crippen molar-refractivity contribution in [3.63, 3.8) is 0 Å². The Morgan fingerprint density at radius 3 is 2.76 bits per heavy atom. The van der Waals surface area contributed by atoms with Gasteiger partial charge in [0, 0.05) is 13.0 Å². The van der Waals surface area contributed by atoms with E-state index in [0.29, 0.717) is 25.1 Å². The lowest BCUT2D eigenvalue weighted by molar-refractivity contribution is -0.116. The lowest BCUT2D eigenvalue weighted by atomic mass is 10.2. The molecule has 0 heterocycles. The van der Waals surface area contributed by atoms with E-state index in [1.54, 1.807) is 0 Å². The highest BCUT2D eigenvalue weighted by Gasteiger charge is 2.08. The van der Waals surface area contributed by atoms with E-state index >= 15 is 0 Å². The Morgan fingerprint density at radius 2 is 2.14 bits per heavy atom. The normalized spacial score (nSPS) is 10.9. The van der Waals surface area contributed by atoms with Gasteiger partial charge < -0.3 is 21.1 Å². The van der Waals surface area contributed by atoms with E-state index in [0.717, 1.165) is 19.5 Å². The molecule has 0 aliphatic heterocycles. The summed E-state index contributed by atoms with van der Waals surface area (Å²) in [7, 11) is 0. The molecule has 0 aromatic heterocycles. The number of nitrogens with zero attached hydrogens (tertiary/aromatic N) is 1. The van der Waals surface area contributed by atoms with Crippen molar-refractivity contribution in [2.45, 2.75) is 26.2 Å². The van der Waals surface area contributed by atoms with Crippen LogP contribution in [-0.2, 0) is 4.79 Å². The van der Waals surface area contributed by atoms with Crippen LogP contribution in [0.3, 0.4) is 0 Å². The average molecular weight is 297 g/mol. The number of nitrogen functional groups attached to an aromatic ring is 1. The molecular weight excluding hydrogens is 273 g/mol. The number of amides is 1. The maximum Gasteiger partial charge on any atom is 0.224 e. The fourth-order valence-corrected chi connectivity index (χ4v) is 2.12. The molecule has 0 unspecified atom stereocenters. The molecule has 1 amide bonds. The molecule has 4 N–H and O–H groups in total. The molecule has 1 rings (SSSR count). The van der Waals surface area contributed by atoms with Gasteiger partial charge in [-0.25, -0.2) is 4.39 Å². The monoisotopic (exact) mass is 297 g/mol. The number of nitrogens with one attached hydrogen (secondary N) is 1. The fourth-order valence-electron chi connectivity index (χ4n) is 2.12. The topological polar surface area (TPSA) is 78.6 Å². The molecule has 0 aliphatic carbocycles. The summed E-state index contributed by atoms with van der Waals surface area (Å²) in [5, 5.41) is 11.6. The van der Waals surface area contributed by atoms with Crippen LogP contribution in [0.2, 0.25) is 0 Å². The summed E-state index contributed by atoms with van der Waals surface area (Å²) in [6.45, 7) is 4.50. The van der Waals surface area contributed by atoms with Gasteiger partial charge >= 0.3 is 0 Å². The van der Waals surface area contributed by atoms with E-state index in [-0.39, 0.29) is 18.2 Å². The predicted molar refractivity (Wildman–Crippen MR) is 82.5 cm³/mol. The number of benzene rings is 1. The summed E-state index contributed by atoms with van der Waals surface area (Å²) in [6, 6.07) is 3.90. The molecule has 1 aromatic carbocycles. The van der Waals surface area contributed by atoms with Gasteiger partial charge in [0.2, 0.25) is 5.91 Å². The van der Waals surface area contributed by atoms with Crippen LogP contribution >= 0.6 is 0 Å². The average Bonchev–Trinajstić information content (AvgIpc) is 2.42. The van der Waals surface area contributed by atoms with Crippen molar-refractivity contribution < 1.29 is 14.3 Å². The van der Waals surface area contributed by atoms with Crippen LogP contribution in [0.5, 0.6) is 0 Å². The summed E-state index contributed by atoms with van der Waals surface area (Å²) < 4.78 is 12.9. The minimum absolute atomic E-state index is 0.123. The van der Waals surface area contributed by atoms with Gasteiger partial charge in [0.25, 0.3) is 0 Å². The molecule has 21 heavy (non-hydrogen) atoms. The lowest BCUT2D eigenvalue weighted by Gasteiger charge is -2.20. The smallest absolute Gasteiger partial charge is 0.224 e. The first kappa shape index (κ1) is 17.4. The Balaban J connectivity index is 2.36. The number of rotatable bonds is 9. The Morgan fingerprint density at radius 1 is 1.38 bits per heavy atom. The Bertz CT molecular complexity index is 449. The minimum atomic E-state index is -0.426. The molecule has 0 radical (unpaired) electrons. The lowest BCUT2D eigenvalue weighted by Crippen LogP contribution is -2.29. The first-order valence-corrected chi connectivity index (χ1v) is 7.25. The van der Waals surface area contributed by atoms with E-state index in [2.05, 4.69) is 17.1 Å². The maximum atomic E-state index is 12.9. The number of halogens is 1. The summed E-state index contributed by atoms with van der Waals surface area (Å²) in [5.41, 5.74) is 6.29. The van der Waals surface area contributed by atoms with Gasteiger partial charge in [-0.05, 0) is 44.1 Å². The number of hydrogen-bond acceptors (Lipinski definition) is 4. The number of hydrogen-bond donors (Lipinski definition) is 3. The fraction of sp³-hybridized carbons (Fsp3) is 0.533. The molecular formula is C15H24FN3O2. The largest absolute Gasteiger partial charge is 0.397 e. The van der Waals surface area contributed by atoms with Gasteiger partial charge in [0.1, 0.15) is 5.82 Å². The highest BCUT2D eigenvalue weighted by molar-refractivity contribution is 5.93. The van der Waals surface area contributed by atoms with Gasteiger partial charge in [-0.15, -0.1) is 0 Å². The summed E-state index contributed by atoms with van der Waals surface area (Å²) >= 11 is 0. The van der Waals surface area contributed by atoms with Gasteiger partial charge in [0.05, 0.1) is 18.0 Å². The van der Waals surface area contributed by atoms with E-state index in [1.165, 1.54) is 18.2 Å². The van der Waals surface area contributed by atoms with Gasteiger partial charge in [-0.3, -0.25) is 4.79 Å². The third-order valence-electron chi connectivity index (χ3n) is 3.12. The second-order valence-corrected chi connectivity index (χ2v) is 4.95. The van der Waals surface area contributed by atoms with Crippen molar-refractivity contribution in [1.29, 1.82) is 0 Å². The Hall–Kier alpha value is -1.66. The van der Waals surface area contributed by atoms with Crippen LogP contribution in [0.4, 0.5) is 15.8 Å². The van der Waals surface area contributed by atoms with Crippen LogP contribution in [0.15, 0.2) is 18.2 Å². The van der Waals surface area contributed by atoms with Crippen molar-refractivity contribution >= 4 is 17.3 Å². The third kappa shape index (κ3) is 6.55. The molecule has 0 bridgehead atoms. The van der Waals surface area contributed by atoms with Crippen molar-refractivity contribution in [3.05, 3.63) is 24.0 Å². The molecule has 0 aliphatic rings. The number of nitrogens with two attached hydrogens (primary N) is 1. The highest BCUT2D eigenvalue weighted by Crippen LogP contribution is 2.19. The highest BCUT2D eigenvalue weighted by atomic mass is 19.1. The number of aliphatic hydroxyl groups excluding tert-OH is 1. The predicted octanol–water partition coefficient (Wildman–Crippen LogP) is 1.83. The maximum absolute atomic E-state index is 12.9. The zero-order chi connectivity index (χ0) is 15.7. The summed E-state index contributed by atoms with van der Waals surface area (Å²) in [4.78, 5) is 13.9. The minimum Gasteiger partial charge on any atom is -0.397 e. The molecule has 0 saturated carbocycles. The van der Waals surface area contributed by atoms with Crippen molar-refractivity contribution in [1.82, 2.24) is 4.90 Å². The SMILES string of the molecule is CCCN(CCO)CCCC(=O)Nc1ccc(F)cc1N. The third-order valence-corrected chi connectivity index (χ3v) is 3.12. The summed E-state index contributed by atoms with van der Waals surface area (Å²) in [5.74, 6) is -0.571. The first-order valence-electron chi connectivity index (χ1n) is 7.25. The molecule has 0 atom stereocenters. The number of carbonyl (C=O) groups excluding carboxylic acids is 1. The number of aliphatic hydroxyl groups is 1. The second kappa shape index (κ2) is 9.31. The molecule has 118 valence electrons. The van der Waals surface area contributed by atoms with Crippen LogP contribution in [0, 0.1) is 5.82 Å². The molecule has 6 heteroatoms. The zero-order valence-electron chi connectivity index (χ0n) is 12.4. The van der Waals surface area contributed by atoms with Crippen LogP contribution in [-0.4, -0.2) is 42.2 Å². The molecule has 0 saturated heterocycles. The number of carbonyl (C=O) groups is 1. The van der Waals surface area contributed by atoms with E-state index in [1.807, 2.05) is 0 Å². The van der Waals surface area contributed by atoms with Gasteiger partial charge in [0.15, 0.2) is 0 Å². The first-order chi connectivity index (χ1) is 10.1. The quantitative estimate of drug-likeness (QED) is 0.608. The van der Waals surface area contributed by atoms with Crippen LogP contribution in [0.25, 0.3) is 0 Å². The molecule has 0 spiro atoms. The summed E-state index contributed by atoms with van der Waals surface area (Å²) in [6.07, 6.45) is 2.08. The van der Waals surface area contributed by atoms with Gasteiger partial charge in [-0.2, -0.15) is 0 Å². The number of anilines is 2. The van der Waals surface area contributed by atoms with Crippen molar-refractivity contribution in [3.8, 4) is 0 Å². The van der Waals surface area contributed by atoms with Crippen LogP contribution < -0.4 is 11.1 Å². The van der Waals surface area contributed by atoms with E-state index in [9.17, 15) is 9.18 Å². The molecule has 0 fully saturated rings. The van der Waals surface area contributed by atoms with Gasteiger partial charge in [-0.1, -0.05) is 6.92 Å². The van der Waals surface area contributed by atoms with E-state index < -0.39 is 5.82 Å². The van der Waals surface area contributed by atoms with Crippen LogP contribution in [0.1, 0.15) is 26.2 Å².